The molecule has 0 fully saturated rings. The summed E-state index contributed by atoms with van der Waals surface area (Å²) >= 11 is 1.61. The summed E-state index contributed by atoms with van der Waals surface area (Å²) in [5.41, 5.74) is 3.99. The maximum atomic E-state index is 12.9. The van der Waals surface area contributed by atoms with Gasteiger partial charge in [0.05, 0.1) is 10.2 Å². The van der Waals surface area contributed by atoms with Crippen LogP contribution in [-0.4, -0.2) is 4.98 Å². The third kappa shape index (κ3) is 1.81. The number of aromatic nitrogens is 1. The molecule has 0 N–H and O–H groups in total. The Bertz CT molecular complexity index is 713. The minimum absolute atomic E-state index is 0.228. The fourth-order valence-electron chi connectivity index (χ4n) is 1.87. The van der Waals surface area contributed by atoms with E-state index in [4.69, 9.17) is 0 Å². The van der Waals surface area contributed by atoms with Gasteiger partial charge in [-0.2, -0.15) is 0 Å². The zero-order valence-electron chi connectivity index (χ0n) is 9.90. The molecule has 3 heteroatoms. The first-order valence-electron chi connectivity index (χ1n) is 5.63. The Kier molecular flexibility index (Phi) is 2.63. The average molecular weight is 256 g/mol. The molecule has 0 aliphatic carbocycles. The number of thiazole rings is 1. The molecule has 0 aliphatic heterocycles. The van der Waals surface area contributed by atoms with Crippen LogP contribution < -0.4 is 0 Å². The number of hydrogen-bond acceptors (Lipinski definition) is 2. The molecule has 1 heterocycles. The first-order chi connectivity index (χ1) is 8.65. The lowest BCUT2D eigenvalue weighted by Crippen LogP contribution is -1.82. The molecule has 0 atom stereocenters. The molecular weight excluding hydrogens is 245 g/mol. The van der Waals surface area contributed by atoms with Crippen LogP contribution in [-0.2, 0) is 0 Å². The molecule has 1 nitrogen and oxygen atoms in total. The molecule has 0 aliphatic rings. The van der Waals surface area contributed by atoms with Crippen LogP contribution in [0.15, 0.2) is 36.4 Å². The SMILES string of the molecule is [CH2]c1c(C)ccc2sc(-c3ccc(F)cc3)nc12. The van der Waals surface area contributed by atoms with E-state index in [1.54, 1.807) is 23.5 Å². The second-order valence-corrected chi connectivity index (χ2v) is 5.26. The standard InChI is InChI=1S/C15H11FNS/c1-9-3-8-13-14(10(9)2)17-15(18-13)11-4-6-12(16)7-5-11/h3-8H,2H2,1H3. The summed E-state index contributed by atoms with van der Waals surface area (Å²) < 4.78 is 14.0. The van der Waals surface area contributed by atoms with Crippen molar-refractivity contribution in [3.63, 3.8) is 0 Å². The van der Waals surface area contributed by atoms with Crippen molar-refractivity contribution in [3.8, 4) is 10.6 Å². The Morgan fingerprint density at radius 1 is 1.11 bits per heavy atom. The van der Waals surface area contributed by atoms with Gasteiger partial charge in [-0.3, -0.25) is 0 Å². The fraction of sp³-hybridized carbons (Fsp3) is 0.0667. The summed E-state index contributed by atoms with van der Waals surface area (Å²) in [6.07, 6.45) is 0. The highest BCUT2D eigenvalue weighted by Crippen LogP contribution is 2.32. The quantitative estimate of drug-likeness (QED) is 0.620. The third-order valence-electron chi connectivity index (χ3n) is 2.99. The van der Waals surface area contributed by atoms with Crippen LogP contribution >= 0.6 is 11.3 Å². The van der Waals surface area contributed by atoms with Crippen molar-refractivity contribution in [2.75, 3.05) is 0 Å². The van der Waals surface area contributed by atoms with Crippen molar-refractivity contribution in [2.45, 2.75) is 6.92 Å². The van der Waals surface area contributed by atoms with Gasteiger partial charge in [0.25, 0.3) is 0 Å². The summed E-state index contributed by atoms with van der Waals surface area (Å²) in [6, 6.07) is 10.5. The molecule has 0 unspecified atom stereocenters. The lowest BCUT2D eigenvalue weighted by Gasteiger charge is -1.98. The normalized spacial score (nSPS) is 11.1. The minimum Gasteiger partial charge on any atom is -0.236 e. The first kappa shape index (κ1) is 11.4. The van der Waals surface area contributed by atoms with Crippen LogP contribution in [0, 0.1) is 19.7 Å². The van der Waals surface area contributed by atoms with Gasteiger partial charge in [-0.05, 0) is 55.3 Å². The highest BCUT2D eigenvalue weighted by Gasteiger charge is 2.09. The van der Waals surface area contributed by atoms with Crippen molar-refractivity contribution in [3.05, 3.63) is 60.3 Å². The monoisotopic (exact) mass is 256 g/mol. The van der Waals surface area contributed by atoms with Gasteiger partial charge < -0.3 is 0 Å². The molecular formula is C15H11FNS. The average Bonchev–Trinajstić information content (AvgIpc) is 2.80. The zero-order valence-corrected chi connectivity index (χ0v) is 10.7. The number of aryl methyl sites for hydroxylation is 1. The Morgan fingerprint density at radius 2 is 1.83 bits per heavy atom. The third-order valence-corrected chi connectivity index (χ3v) is 4.06. The van der Waals surface area contributed by atoms with Gasteiger partial charge >= 0.3 is 0 Å². The van der Waals surface area contributed by atoms with E-state index >= 15 is 0 Å². The van der Waals surface area contributed by atoms with Crippen LogP contribution in [0.4, 0.5) is 4.39 Å². The topological polar surface area (TPSA) is 12.9 Å². The van der Waals surface area contributed by atoms with Crippen LogP contribution in [0.2, 0.25) is 0 Å². The van der Waals surface area contributed by atoms with E-state index in [1.807, 2.05) is 6.92 Å². The van der Waals surface area contributed by atoms with E-state index in [0.717, 1.165) is 31.9 Å². The van der Waals surface area contributed by atoms with Crippen LogP contribution in [0.25, 0.3) is 20.8 Å². The second-order valence-electron chi connectivity index (χ2n) is 4.23. The molecule has 89 valence electrons. The number of benzene rings is 2. The molecule has 3 aromatic rings. The molecule has 1 radical (unpaired) electrons. The summed E-state index contributed by atoms with van der Waals surface area (Å²) in [6.45, 7) is 6.08. The van der Waals surface area contributed by atoms with Crippen LogP contribution in [0.1, 0.15) is 11.1 Å². The molecule has 0 amide bonds. The Labute approximate surface area is 109 Å². The number of rotatable bonds is 1. The van der Waals surface area contributed by atoms with E-state index in [2.05, 4.69) is 24.0 Å². The summed E-state index contributed by atoms with van der Waals surface area (Å²) in [5.74, 6) is -0.228. The van der Waals surface area contributed by atoms with Crippen molar-refractivity contribution >= 4 is 21.6 Å². The molecule has 18 heavy (non-hydrogen) atoms. The maximum absolute atomic E-state index is 12.9. The smallest absolute Gasteiger partial charge is 0.124 e. The molecule has 0 spiro atoms. The minimum atomic E-state index is -0.228. The van der Waals surface area contributed by atoms with Crippen molar-refractivity contribution in [1.82, 2.24) is 4.98 Å². The molecule has 0 saturated heterocycles. The van der Waals surface area contributed by atoms with Gasteiger partial charge in [-0.15, -0.1) is 11.3 Å². The van der Waals surface area contributed by atoms with Gasteiger partial charge in [0.15, 0.2) is 0 Å². The number of fused-ring (bicyclic) bond motifs is 1. The van der Waals surface area contributed by atoms with Crippen molar-refractivity contribution < 1.29 is 4.39 Å². The molecule has 1 aromatic heterocycles. The Morgan fingerprint density at radius 3 is 2.56 bits per heavy atom. The van der Waals surface area contributed by atoms with Gasteiger partial charge in [0, 0.05) is 5.56 Å². The van der Waals surface area contributed by atoms with E-state index in [-0.39, 0.29) is 5.82 Å². The maximum Gasteiger partial charge on any atom is 0.124 e. The molecule has 0 bridgehead atoms. The lowest BCUT2D eigenvalue weighted by atomic mass is 10.1. The van der Waals surface area contributed by atoms with Gasteiger partial charge in [0.2, 0.25) is 0 Å². The van der Waals surface area contributed by atoms with Crippen LogP contribution in [0.3, 0.4) is 0 Å². The predicted octanol–water partition coefficient (Wildman–Crippen LogP) is 4.59. The number of nitrogens with zero attached hydrogens (tertiary/aromatic N) is 1. The summed E-state index contributed by atoms with van der Waals surface area (Å²) in [7, 11) is 0. The van der Waals surface area contributed by atoms with E-state index in [0.29, 0.717) is 0 Å². The molecule has 2 aromatic carbocycles. The summed E-state index contributed by atoms with van der Waals surface area (Å²) in [4.78, 5) is 4.61. The van der Waals surface area contributed by atoms with Gasteiger partial charge in [0.1, 0.15) is 10.8 Å². The Balaban J connectivity index is 2.19. The van der Waals surface area contributed by atoms with Crippen molar-refractivity contribution in [2.24, 2.45) is 0 Å². The molecule has 0 saturated carbocycles. The first-order valence-corrected chi connectivity index (χ1v) is 6.45. The number of halogens is 1. The van der Waals surface area contributed by atoms with Crippen molar-refractivity contribution in [1.29, 1.82) is 0 Å². The largest absolute Gasteiger partial charge is 0.236 e. The zero-order chi connectivity index (χ0) is 12.7. The highest BCUT2D eigenvalue weighted by molar-refractivity contribution is 7.21. The molecule has 3 rings (SSSR count). The lowest BCUT2D eigenvalue weighted by molar-refractivity contribution is 0.628. The Hall–Kier alpha value is -1.74. The number of hydrogen-bond donors (Lipinski definition) is 0. The summed E-state index contributed by atoms with van der Waals surface area (Å²) in [5, 5.41) is 0.903. The predicted molar refractivity (Wildman–Crippen MR) is 74.2 cm³/mol. The second kappa shape index (κ2) is 4.18. The van der Waals surface area contributed by atoms with E-state index < -0.39 is 0 Å². The van der Waals surface area contributed by atoms with E-state index in [9.17, 15) is 4.39 Å². The van der Waals surface area contributed by atoms with Crippen LogP contribution in [0.5, 0.6) is 0 Å². The van der Waals surface area contributed by atoms with E-state index in [1.165, 1.54) is 12.1 Å². The van der Waals surface area contributed by atoms with Gasteiger partial charge in [-0.25, -0.2) is 9.37 Å². The van der Waals surface area contributed by atoms with Gasteiger partial charge in [-0.1, -0.05) is 6.07 Å². The highest BCUT2D eigenvalue weighted by atomic mass is 32.1. The fourth-order valence-corrected chi connectivity index (χ4v) is 2.87.